The number of carbonyl (C=O) groups excluding carboxylic acids is 2. The standard InChI is InChI=1S/C37H32ClN3O6/c1-21-15-16-24(17-27(21)38)41-34(42)30-31(35(41)43)37(36(44)45,18-23-19-39-28-13-7-6-11-25(23)28)40-32(30)26-12-8-14-29(46-2)33(26)47-20-22-9-4-3-5-10-22/h3-17,19,30-32,39-40H,18,20H2,1-2H3,(H,44,45). The van der Waals surface area contributed by atoms with E-state index in [1.165, 1.54) is 7.11 Å². The van der Waals surface area contributed by atoms with Crippen LogP contribution in [0.4, 0.5) is 5.69 Å². The van der Waals surface area contributed by atoms with Crippen LogP contribution in [0, 0.1) is 18.8 Å². The van der Waals surface area contributed by atoms with E-state index in [1.54, 1.807) is 42.6 Å². The van der Waals surface area contributed by atoms with Crippen molar-refractivity contribution in [1.82, 2.24) is 10.3 Å². The number of hydrogen-bond acceptors (Lipinski definition) is 6. The van der Waals surface area contributed by atoms with Crippen molar-refractivity contribution in [1.29, 1.82) is 0 Å². The summed E-state index contributed by atoms with van der Waals surface area (Å²) in [7, 11) is 1.52. The van der Waals surface area contributed by atoms with E-state index in [0.717, 1.165) is 26.9 Å². The number of ether oxygens (including phenoxy) is 2. The maximum Gasteiger partial charge on any atom is 0.325 e. The van der Waals surface area contributed by atoms with Gasteiger partial charge in [0.25, 0.3) is 0 Å². The lowest BCUT2D eigenvalue weighted by atomic mass is 9.76. The molecule has 9 nitrogen and oxygen atoms in total. The van der Waals surface area contributed by atoms with Crippen LogP contribution < -0.4 is 19.7 Å². The van der Waals surface area contributed by atoms with E-state index in [2.05, 4.69) is 10.3 Å². The average Bonchev–Trinajstić information content (AvgIpc) is 3.73. The Labute approximate surface area is 276 Å². The molecule has 0 aliphatic carbocycles. The predicted octanol–water partition coefficient (Wildman–Crippen LogP) is 6.23. The first-order chi connectivity index (χ1) is 22.7. The molecular weight excluding hydrogens is 618 g/mol. The number of amides is 2. The number of fused-ring (bicyclic) bond motifs is 2. The van der Waals surface area contributed by atoms with Gasteiger partial charge < -0.3 is 19.6 Å². The molecule has 5 aromatic rings. The van der Waals surface area contributed by atoms with Gasteiger partial charge in [-0.15, -0.1) is 0 Å². The van der Waals surface area contributed by atoms with Crippen molar-refractivity contribution in [3.63, 3.8) is 0 Å². The topological polar surface area (TPSA) is 121 Å². The Morgan fingerprint density at radius 1 is 0.979 bits per heavy atom. The van der Waals surface area contributed by atoms with Crippen LogP contribution in [0.1, 0.15) is 28.3 Å². The van der Waals surface area contributed by atoms with Gasteiger partial charge in [0.15, 0.2) is 11.5 Å². The number of aryl methyl sites for hydroxylation is 1. The van der Waals surface area contributed by atoms with Gasteiger partial charge in [-0.25, -0.2) is 4.90 Å². The largest absolute Gasteiger partial charge is 0.493 e. The summed E-state index contributed by atoms with van der Waals surface area (Å²) in [5.74, 6) is -3.90. The molecule has 0 saturated carbocycles. The Balaban J connectivity index is 1.38. The summed E-state index contributed by atoms with van der Waals surface area (Å²) in [5.41, 5.74) is 2.20. The van der Waals surface area contributed by atoms with E-state index in [0.29, 0.717) is 33.3 Å². The number of aromatic amines is 1. The van der Waals surface area contributed by atoms with E-state index >= 15 is 0 Å². The lowest BCUT2D eigenvalue weighted by Gasteiger charge is -2.31. The second-order valence-electron chi connectivity index (χ2n) is 12.0. The number of carboxylic acids is 1. The van der Waals surface area contributed by atoms with Crippen LogP contribution in [-0.2, 0) is 27.4 Å². The van der Waals surface area contributed by atoms with Gasteiger partial charge in [-0.1, -0.05) is 78.3 Å². The van der Waals surface area contributed by atoms with Gasteiger partial charge in [-0.3, -0.25) is 19.7 Å². The monoisotopic (exact) mass is 649 g/mol. The molecule has 0 spiro atoms. The Morgan fingerprint density at radius 2 is 1.74 bits per heavy atom. The van der Waals surface area contributed by atoms with Crippen LogP contribution in [-0.4, -0.2) is 40.5 Å². The Kier molecular flexibility index (Phi) is 7.74. The number of H-pyrrole nitrogens is 1. The molecule has 10 heteroatoms. The Morgan fingerprint density at radius 3 is 2.49 bits per heavy atom. The van der Waals surface area contributed by atoms with Crippen molar-refractivity contribution in [2.75, 3.05) is 12.0 Å². The number of aliphatic carboxylic acids is 1. The fourth-order valence-electron chi connectivity index (χ4n) is 7.08. The first-order valence-electron chi connectivity index (χ1n) is 15.3. The number of halogens is 1. The van der Waals surface area contributed by atoms with Crippen LogP contribution in [0.5, 0.6) is 11.5 Å². The molecule has 4 atom stereocenters. The van der Waals surface area contributed by atoms with Crippen LogP contribution in [0.25, 0.3) is 10.9 Å². The fourth-order valence-corrected chi connectivity index (χ4v) is 7.26. The number of carbonyl (C=O) groups is 3. The number of imide groups is 1. The van der Waals surface area contributed by atoms with Crippen molar-refractivity contribution in [3.05, 3.63) is 124 Å². The molecule has 2 fully saturated rings. The summed E-state index contributed by atoms with van der Waals surface area (Å²) < 4.78 is 12.0. The molecule has 3 heterocycles. The summed E-state index contributed by atoms with van der Waals surface area (Å²) >= 11 is 6.44. The highest BCUT2D eigenvalue weighted by Gasteiger charge is 2.69. The predicted molar refractivity (Wildman–Crippen MR) is 178 cm³/mol. The molecule has 4 aromatic carbocycles. The minimum Gasteiger partial charge on any atom is -0.493 e. The third-order valence-electron chi connectivity index (χ3n) is 9.38. The maximum atomic E-state index is 14.5. The van der Waals surface area contributed by atoms with Crippen molar-refractivity contribution in [2.45, 2.75) is 31.5 Å². The number of rotatable bonds is 9. The zero-order chi connectivity index (χ0) is 32.9. The average molecular weight is 650 g/mol. The normalized spacial score (nSPS) is 22.1. The molecule has 7 rings (SSSR count). The molecule has 0 bridgehead atoms. The van der Waals surface area contributed by atoms with E-state index in [9.17, 15) is 19.5 Å². The molecule has 3 N–H and O–H groups in total. The number of carboxylic acid groups (broad SMARTS) is 1. The van der Waals surface area contributed by atoms with Crippen molar-refractivity contribution < 1.29 is 29.0 Å². The highest BCUT2D eigenvalue weighted by molar-refractivity contribution is 6.32. The van der Waals surface area contributed by atoms with Gasteiger partial charge in [0.2, 0.25) is 11.8 Å². The number of benzene rings is 4. The minimum atomic E-state index is -1.85. The molecule has 2 aliphatic rings. The summed E-state index contributed by atoms with van der Waals surface area (Å²) in [6.45, 7) is 2.03. The number of hydrogen-bond donors (Lipinski definition) is 3. The molecule has 4 unspecified atom stereocenters. The van der Waals surface area contributed by atoms with E-state index in [-0.39, 0.29) is 13.0 Å². The van der Waals surface area contributed by atoms with Crippen molar-refractivity contribution >= 4 is 46.0 Å². The number of para-hydroxylation sites is 2. The van der Waals surface area contributed by atoms with Crippen molar-refractivity contribution in [2.24, 2.45) is 11.8 Å². The van der Waals surface area contributed by atoms with E-state index in [4.69, 9.17) is 21.1 Å². The lowest BCUT2D eigenvalue weighted by molar-refractivity contribution is -0.148. The van der Waals surface area contributed by atoms with Gasteiger partial charge in [0.05, 0.1) is 24.6 Å². The quantitative estimate of drug-likeness (QED) is 0.162. The minimum absolute atomic E-state index is 0.0598. The van der Waals surface area contributed by atoms with Crippen LogP contribution in [0.15, 0.2) is 97.2 Å². The highest BCUT2D eigenvalue weighted by atomic mass is 35.5. The van der Waals surface area contributed by atoms with Crippen LogP contribution in [0.2, 0.25) is 5.02 Å². The van der Waals surface area contributed by atoms with E-state index in [1.807, 2.05) is 61.5 Å². The summed E-state index contributed by atoms with van der Waals surface area (Å²) in [4.78, 5) is 46.9. The molecular formula is C37H32ClN3O6. The second kappa shape index (κ2) is 11.9. The Hall–Kier alpha value is -5.12. The van der Waals surface area contributed by atoms with Gasteiger partial charge in [0, 0.05) is 40.1 Å². The summed E-state index contributed by atoms with van der Waals surface area (Å²) in [6.07, 6.45) is 1.70. The first kappa shape index (κ1) is 30.5. The lowest BCUT2D eigenvalue weighted by Crippen LogP contribution is -2.57. The van der Waals surface area contributed by atoms with Gasteiger partial charge in [-0.05, 0) is 47.9 Å². The van der Waals surface area contributed by atoms with Gasteiger partial charge in [-0.2, -0.15) is 0 Å². The SMILES string of the molecule is COc1cccc(C2NC(Cc3c[nH]c4ccccc34)(C(=O)O)C3C(=O)N(c4ccc(C)c(Cl)c4)C(=O)C23)c1OCc1ccccc1. The molecule has 2 saturated heterocycles. The van der Waals surface area contributed by atoms with Gasteiger partial charge >= 0.3 is 5.97 Å². The number of anilines is 1. The fraction of sp³-hybridized carbons (Fsp3) is 0.216. The molecule has 2 amide bonds. The number of nitrogens with one attached hydrogen (secondary N) is 2. The second-order valence-corrected chi connectivity index (χ2v) is 12.4. The zero-order valence-electron chi connectivity index (χ0n) is 25.7. The molecule has 238 valence electrons. The number of nitrogens with zero attached hydrogens (tertiary/aromatic N) is 1. The third-order valence-corrected chi connectivity index (χ3v) is 9.79. The number of aromatic nitrogens is 1. The summed E-state index contributed by atoms with van der Waals surface area (Å²) in [5, 5.41) is 15.6. The molecule has 1 aromatic heterocycles. The maximum absolute atomic E-state index is 14.5. The van der Waals surface area contributed by atoms with Gasteiger partial charge in [0.1, 0.15) is 12.1 Å². The molecule has 0 radical (unpaired) electrons. The molecule has 2 aliphatic heterocycles. The van der Waals surface area contributed by atoms with Crippen LogP contribution in [0.3, 0.4) is 0 Å². The first-order valence-corrected chi connectivity index (χ1v) is 15.6. The highest BCUT2D eigenvalue weighted by Crippen LogP contribution is 2.53. The zero-order valence-corrected chi connectivity index (χ0v) is 26.5. The van der Waals surface area contributed by atoms with E-state index < -0.39 is 41.2 Å². The molecule has 47 heavy (non-hydrogen) atoms. The smallest absolute Gasteiger partial charge is 0.325 e. The third kappa shape index (κ3) is 5.03. The van der Waals surface area contributed by atoms with Crippen LogP contribution >= 0.6 is 11.6 Å². The Bertz CT molecular complexity index is 2030. The van der Waals surface area contributed by atoms with Crippen molar-refractivity contribution in [3.8, 4) is 11.5 Å². The number of methoxy groups -OCH3 is 1. The summed E-state index contributed by atoms with van der Waals surface area (Å²) in [6, 6.07) is 26.5.